The molecule has 2 heterocycles. The van der Waals surface area contributed by atoms with Crippen molar-refractivity contribution in [3.8, 4) is 0 Å². The van der Waals surface area contributed by atoms with Crippen LogP contribution in [0.1, 0.15) is 44.4 Å². The number of H-pyrrole nitrogens is 1. The van der Waals surface area contributed by atoms with Crippen LogP contribution in [0, 0.1) is 5.92 Å². The Morgan fingerprint density at radius 2 is 1.86 bits per heavy atom. The van der Waals surface area contributed by atoms with Gasteiger partial charge in [-0.25, -0.2) is 9.78 Å². The molecule has 3 amide bonds. The van der Waals surface area contributed by atoms with Crippen LogP contribution >= 0.6 is 0 Å². The van der Waals surface area contributed by atoms with E-state index in [1.165, 1.54) is 17.4 Å². The maximum atomic E-state index is 13.3. The lowest BCUT2D eigenvalue weighted by Crippen LogP contribution is -2.57. The predicted molar refractivity (Wildman–Crippen MR) is 136 cm³/mol. The molecule has 0 saturated carbocycles. The van der Waals surface area contributed by atoms with Gasteiger partial charge in [-0.05, 0) is 37.2 Å². The minimum atomic E-state index is -1.20. The summed E-state index contributed by atoms with van der Waals surface area (Å²) in [6.45, 7) is 4.21. The van der Waals surface area contributed by atoms with Gasteiger partial charge < -0.3 is 31.4 Å². The summed E-state index contributed by atoms with van der Waals surface area (Å²) in [5.41, 5.74) is 7.69. The van der Waals surface area contributed by atoms with Crippen LogP contribution in [0.3, 0.4) is 0 Å². The summed E-state index contributed by atoms with van der Waals surface area (Å²) < 4.78 is 0. The number of hydrogen-bond donors (Lipinski definition) is 5. The van der Waals surface area contributed by atoms with Crippen LogP contribution in [-0.2, 0) is 32.0 Å². The number of aromatic amines is 1. The number of nitrogens with two attached hydrogens (primary N) is 1. The number of carboxylic acid groups (broad SMARTS) is 1. The molecule has 6 N–H and O–H groups in total. The Bertz CT molecular complexity index is 1060. The quantitative estimate of drug-likeness (QED) is 0.277. The first-order chi connectivity index (χ1) is 17.7. The molecule has 3 rings (SSSR count). The van der Waals surface area contributed by atoms with Crippen LogP contribution in [0.2, 0.25) is 0 Å². The second kappa shape index (κ2) is 13.0. The van der Waals surface area contributed by atoms with E-state index in [1.54, 1.807) is 0 Å². The fraction of sp³-hybridized carbons (Fsp3) is 0.500. The number of imidazole rings is 1. The molecule has 11 nitrogen and oxygen atoms in total. The zero-order valence-corrected chi connectivity index (χ0v) is 21.2. The van der Waals surface area contributed by atoms with E-state index in [-0.39, 0.29) is 18.2 Å². The van der Waals surface area contributed by atoms with Gasteiger partial charge in [0.05, 0.1) is 12.4 Å². The van der Waals surface area contributed by atoms with Crippen LogP contribution in [0.4, 0.5) is 0 Å². The summed E-state index contributed by atoms with van der Waals surface area (Å²) in [7, 11) is 0. The van der Waals surface area contributed by atoms with Gasteiger partial charge in [-0.3, -0.25) is 14.4 Å². The fourth-order valence-corrected chi connectivity index (χ4v) is 4.53. The van der Waals surface area contributed by atoms with Crippen molar-refractivity contribution in [3.63, 3.8) is 0 Å². The number of aromatic nitrogens is 2. The van der Waals surface area contributed by atoms with Crippen molar-refractivity contribution in [2.45, 2.75) is 70.1 Å². The summed E-state index contributed by atoms with van der Waals surface area (Å²) in [5, 5.41) is 14.9. The molecule has 0 aliphatic carbocycles. The van der Waals surface area contributed by atoms with E-state index in [0.717, 1.165) is 5.56 Å². The molecule has 2 aromatic rings. The van der Waals surface area contributed by atoms with Crippen molar-refractivity contribution < 1.29 is 24.3 Å². The lowest BCUT2D eigenvalue weighted by molar-refractivity contribution is -0.143. The molecule has 37 heavy (non-hydrogen) atoms. The number of hydrogen-bond acceptors (Lipinski definition) is 6. The standard InChI is InChI=1S/C26H36N6O5/c1-16(2)11-20(23(33)31-21(26(36)37)13-18-14-28-15-29-18)30-24(34)22-9-6-10-32(22)25(35)19(27)12-17-7-4-3-5-8-17/h3-5,7-8,14-16,19-22H,6,9-13,27H2,1-2H3,(H,28,29)(H,30,34)(H,31,33)(H,36,37). The number of aliphatic carboxylic acids is 1. The smallest absolute Gasteiger partial charge is 0.326 e. The molecule has 0 radical (unpaired) electrons. The zero-order valence-electron chi connectivity index (χ0n) is 21.2. The summed E-state index contributed by atoms with van der Waals surface area (Å²) in [6, 6.07) is 5.76. The van der Waals surface area contributed by atoms with Gasteiger partial charge in [-0.1, -0.05) is 44.2 Å². The molecule has 11 heteroatoms. The highest BCUT2D eigenvalue weighted by Gasteiger charge is 2.38. The largest absolute Gasteiger partial charge is 0.480 e. The molecule has 1 aromatic heterocycles. The number of carboxylic acids is 1. The van der Waals surface area contributed by atoms with E-state index in [4.69, 9.17) is 5.73 Å². The third kappa shape index (κ3) is 7.88. The van der Waals surface area contributed by atoms with Crippen molar-refractivity contribution in [3.05, 3.63) is 54.1 Å². The van der Waals surface area contributed by atoms with Crippen LogP contribution in [0.5, 0.6) is 0 Å². The Kier molecular flexibility index (Phi) is 9.78. The molecule has 1 aliphatic heterocycles. The highest BCUT2D eigenvalue weighted by molar-refractivity contribution is 5.94. The maximum absolute atomic E-state index is 13.3. The van der Waals surface area contributed by atoms with E-state index in [2.05, 4.69) is 20.6 Å². The summed E-state index contributed by atoms with van der Waals surface area (Å²) in [5.74, 6) is -2.49. The Morgan fingerprint density at radius 3 is 2.49 bits per heavy atom. The highest BCUT2D eigenvalue weighted by Crippen LogP contribution is 2.20. The molecule has 1 aliphatic rings. The Morgan fingerprint density at radius 1 is 1.14 bits per heavy atom. The number of benzene rings is 1. The number of carbonyl (C=O) groups excluding carboxylic acids is 3. The van der Waals surface area contributed by atoms with Crippen LogP contribution in [0.25, 0.3) is 0 Å². The Hall–Kier alpha value is -3.73. The molecule has 0 spiro atoms. The van der Waals surface area contributed by atoms with E-state index in [1.807, 2.05) is 44.2 Å². The van der Waals surface area contributed by atoms with Crippen LogP contribution in [0.15, 0.2) is 42.9 Å². The summed E-state index contributed by atoms with van der Waals surface area (Å²) in [4.78, 5) is 59.4. The second-order valence-corrected chi connectivity index (χ2v) is 9.86. The van der Waals surface area contributed by atoms with Crippen molar-refractivity contribution in [1.82, 2.24) is 25.5 Å². The van der Waals surface area contributed by atoms with Gasteiger partial charge in [0.15, 0.2) is 0 Å². The van der Waals surface area contributed by atoms with Crippen molar-refractivity contribution in [2.24, 2.45) is 11.7 Å². The van der Waals surface area contributed by atoms with Crippen molar-refractivity contribution in [2.75, 3.05) is 6.54 Å². The van der Waals surface area contributed by atoms with Gasteiger partial charge in [-0.2, -0.15) is 0 Å². The lowest BCUT2D eigenvalue weighted by atomic mass is 10.0. The van der Waals surface area contributed by atoms with Crippen molar-refractivity contribution >= 4 is 23.7 Å². The zero-order chi connectivity index (χ0) is 26.9. The average Bonchev–Trinajstić information content (AvgIpc) is 3.55. The first-order valence-electron chi connectivity index (χ1n) is 12.6. The van der Waals surface area contributed by atoms with Crippen LogP contribution < -0.4 is 16.4 Å². The first kappa shape index (κ1) is 27.9. The average molecular weight is 513 g/mol. The minimum absolute atomic E-state index is 0.0215. The van der Waals surface area contributed by atoms with Gasteiger partial charge in [0.25, 0.3) is 0 Å². The molecule has 200 valence electrons. The second-order valence-electron chi connectivity index (χ2n) is 9.86. The number of nitrogens with zero attached hydrogens (tertiary/aromatic N) is 2. The van der Waals surface area contributed by atoms with Gasteiger partial charge in [0.1, 0.15) is 18.1 Å². The third-order valence-corrected chi connectivity index (χ3v) is 6.39. The molecule has 4 unspecified atom stereocenters. The predicted octanol–water partition coefficient (Wildman–Crippen LogP) is 0.614. The van der Waals surface area contributed by atoms with Gasteiger partial charge in [0.2, 0.25) is 17.7 Å². The molecular weight excluding hydrogens is 476 g/mol. The number of rotatable bonds is 12. The molecule has 1 fully saturated rings. The third-order valence-electron chi connectivity index (χ3n) is 6.39. The normalized spacial score (nSPS) is 17.7. The van der Waals surface area contributed by atoms with Crippen molar-refractivity contribution in [1.29, 1.82) is 0 Å². The lowest BCUT2D eigenvalue weighted by Gasteiger charge is -2.29. The van der Waals surface area contributed by atoms with Crippen LogP contribution in [-0.4, -0.2) is 74.4 Å². The van der Waals surface area contributed by atoms with Gasteiger partial charge >= 0.3 is 5.97 Å². The SMILES string of the molecule is CC(C)CC(NC(=O)C1CCCN1C(=O)C(N)Cc1ccccc1)C(=O)NC(Cc1cnc[nH]1)C(=O)O. The van der Waals surface area contributed by atoms with E-state index in [9.17, 15) is 24.3 Å². The van der Waals surface area contributed by atoms with Gasteiger partial charge in [0, 0.05) is 24.9 Å². The molecule has 0 bridgehead atoms. The highest BCUT2D eigenvalue weighted by atomic mass is 16.4. The van der Waals surface area contributed by atoms with Gasteiger partial charge in [-0.15, -0.1) is 0 Å². The topological polar surface area (TPSA) is 171 Å². The number of amides is 3. The molecule has 4 atom stereocenters. The molecule has 1 saturated heterocycles. The maximum Gasteiger partial charge on any atom is 0.326 e. The molecular formula is C26H36N6O5. The number of carbonyl (C=O) groups is 4. The minimum Gasteiger partial charge on any atom is -0.480 e. The Balaban J connectivity index is 1.65. The Labute approximate surface area is 216 Å². The first-order valence-corrected chi connectivity index (χ1v) is 12.6. The number of likely N-dealkylation sites (tertiary alicyclic amines) is 1. The number of nitrogens with one attached hydrogen (secondary N) is 3. The summed E-state index contributed by atoms with van der Waals surface area (Å²) >= 11 is 0. The molecule has 1 aromatic carbocycles. The van der Waals surface area contributed by atoms with E-state index < -0.39 is 42.0 Å². The summed E-state index contributed by atoms with van der Waals surface area (Å²) in [6.07, 6.45) is 4.71. The monoisotopic (exact) mass is 512 g/mol. The van der Waals surface area contributed by atoms with E-state index in [0.29, 0.717) is 37.9 Å². The van der Waals surface area contributed by atoms with E-state index >= 15 is 0 Å². The fourth-order valence-electron chi connectivity index (χ4n) is 4.53.